The lowest BCUT2D eigenvalue weighted by atomic mass is 9.99. The Balaban J connectivity index is 2.96. The van der Waals surface area contributed by atoms with Gasteiger partial charge in [0.15, 0.2) is 5.88 Å². The van der Waals surface area contributed by atoms with E-state index in [-0.39, 0.29) is 11.4 Å². The van der Waals surface area contributed by atoms with Gasteiger partial charge in [-0.2, -0.15) is 5.26 Å². The molecule has 0 saturated carbocycles. The summed E-state index contributed by atoms with van der Waals surface area (Å²) in [5.74, 6) is 0.302. The number of unbranched alkanes of at least 4 members (excludes halogenated alkanes) is 1. The van der Waals surface area contributed by atoms with Crippen LogP contribution >= 0.6 is 0 Å². The summed E-state index contributed by atoms with van der Waals surface area (Å²) < 4.78 is 1.31. The fraction of sp³-hybridized carbons (Fsp3) is 0.571. The van der Waals surface area contributed by atoms with E-state index in [9.17, 15) is 9.90 Å². The van der Waals surface area contributed by atoms with Crippen molar-refractivity contribution < 1.29 is 5.11 Å². The number of aromatic nitrogens is 1. The van der Waals surface area contributed by atoms with E-state index in [1.54, 1.807) is 0 Å². The van der Waals surface area contributed by atoms with E-state index in [0.717, 1.165) is 25.7 Å². The highest BCUT2D eigenvalue weighted by Crippen LogP contribution is 2.17. The number of hydrogen-bond acceptors (Lipinski definition) is 3. The second kappa shape index (κ2) is 6.85. The minimum atomic E-state index is -0.396. The topological polar surface area (TPSA) is 66.0 Å². The molecule has 1 heterocycles. The van der Waals surface area contributed by atoms with Crippen LogP contribution < -0.4 is 5.56 Å². The van der Waals surface area contributed by atoms with Crippen molar-refractivity contribution >= 4 is 0 Å². The van der Waals surface area contributed by atoms with Gasteiger partial charge in [0.25, 0.3) is 5.56 Å². The summed E-state index contributed by atoms with van der Waals surface area (Å²) in [5, 5.41) is 18.6. The summed E-state index contributed by atoms with van der Waals surface area (Å²) >= 11 is 0. The molecule has 0 aliphatic heterocycles. The first-order valence-electron chi connectivity index (χ1n) is 6.46. The van der Waals surface area contributed by atoms with Crippen LogP contribution in [-0.4, -0.2) is 9.67 Å². The summed E-state index contributed by atoms with van der Waals surface area (Å²) in [6.45, 7) is 4.69. The predicted octanol–water partition coefficient (Wildman–Crippen LogP) is 2.64. The molecular formula is C14H20N2O2. The molecule has 4 heteroatoms. The van der Waals surface area contributed by atoms with Crippen molar-refractivity contribution in [2.45, 2.75) is 46.1 Å². The molecule has 0 bridgehead atoms. The third kappa shape index (κ3) is 3.36. The Bertz CT molecular complexity index is 486. The number of nitriles is 1. The lowest BCUT2D eigenvalue weighted by molar-refractivity contribution is 0.340. The molecule has 1 aromatic heterocycles. The maximum atomic E-state index is 11.9. The van der Waals surface area contributed by atoms with Crippen molar-refractivity contribution in [3.8, 4) is 11.9 Å². The van der Waals surface area contributed by atoms with E-state index in [0.29, 0.717) is 12.5 Å². The van der Waals surface area contributed by atoms with Gasteiger partial charge in [0.1, 0.15) is 11.6 Å². The van der Waals surface area contributed by atoms with Crippen molar-refractivity contribution in [2.75, 3.05) is 0 Å². The molecule has 1 unspecified atom stereocenters. The highest BCUT2D eigenvalue weighted by molar-refractivity contribution is 5.29. The second-order valence-corrected chi connectivity index (χ2v) is 4.55. The summed E-state index contributed by atoms with van der Waals surface area (Å²) in [6, 6.07) is 4.62. The van der Waals surface area contributed by atoms with Crippen molar-refractivity contribution in [1.82, 2.24) is 4.57 Å². The average Bonchev–Trinajstić information content (AvgIpc) is 2.38. The molecule has 0 saturated heterocycles. The van der Waals surface area contributed by atoms with Crippen LogP contribution in [0.25, 0.3) is 0 Å². The third-order valence-electron chi connectivity index (χ3n) is 3.26. The Morgan fingerprint density at radius 1 is 1.44 bits per heavy atom. The average molecular weight is 248 g/mol. The van der Waals surface area contributed by atoms with Crippen LogP contribution in [0.15, 0.2) is 16.9 Å². The molecule has 1 atom stereocenters. The van der Waals surface area contributed by atoms with E-state index < -0.39 is 5.56 Å². The zero-order valence-corrected chi connectivity index (χ0v) is 11.0. The Kier molecular flexibility index (Phi) is 5.44. The molecule has 0 radical (unpaired) electrons. The lowest BCUT2D eigenvalue weighted by Gasteiger charge is -2.17. The van der Waals surface area contributed by atoms with Crippen molar-refractivity contribution in [3.63, 3.8) is 0 Å². The van der Waals surface area contributed by atoms with Gasteiger partial charge in [0.2, 0.25) is 0 Å². The fourth-order valence-electron chi connectivity index (χ4n) is 2.01. The normalized spacial score (nSPS) is 12.1. The van der Waals surface area contributed by atoms with Gasteiger partial charge in [-0.05, 0) is 24.5 Å². The van der Waals surface area contributed by atoms with Gasteiger partial charge < -0.3 is 5.11 Å². The molecule has 0 spiro atoms. The molecule has 0 fully saturated rings. The Morgan fingerprint density at radius 2 is 2.17 bits per heavy atom. The van der Waals surface area contributed by atoms with E-state index in [4.69, 9.17) is 5.26 Å². The SMILES string of the molecule is CCCCC(CC)Cn1c(O)ccc(C#N)c1=O. The molecule has 0 aliphatic carbocycles. The highest BCUT2D eigenvalue weighted by atomic mass is 16.3. The van der Waals surface area contributed by atoms with Gasteiger partial charge in [0.05, 0.1) is 0 Å². The molecular weight excluding hydrogens is 228 g/mol. The van der Waals surface area contributed by atoms with Gasteiger partial charge >= 0.3 is 0 Å². The number of pyridine rings is 1. The van der Waals surface area contributed by atoms with Crippen LogP contribution in [0.1, 0.15) is 45.1 Å². The monoisotopic (exact) mass is 248 g/mol. The summed E-state index contributed by atoms with van der Waals surface area (Å²) in [4.78, 5) is 11.9. The number of hydrogen-bond donors (Lipinski definition) is 1. The smallest absolute Gasteiger partial charge is 0.271 e. The van der Waals surface area contributed by atoms with Crippen molar-refractivity contribution in [3.05, 3.63) is 28.0 Å². The van der Waals surface area contributed by atoms with Crippen LogP contribution in [0.2, 0.25) is 0 Å². The predicted molar refractivity (Wildman–Crippen MR) is 70.4 cm³/mol. The maximum Gasteiger partial charge on any atom is 0.271 e. The number of aromatic hydroxyl groups is 1. The minimum Gasteiger partial charge on any atom is -0.494 e. The Labute approximate surface area is 107 Å². The van der Waals surface area contributed by atoms with Crippen LogP contribution in [0, 0.1) is 17.2 Å². The molecule has 0 aromatic carbocycles. The van der Waals surface area contributed by atoms with E-state index >= 15 is 0 Å². The quantitative estimate of drug-likeness (QED) is 0.841. The first-order valence-corrected chi connectivity index (χ1v) is 6.46. The van der Waals surface area contributed by atoms with E-state index in [2.05, 4.69) is 13.8 Å². The minimum absolute atomic E-state index is 0.0612. The molecule has 0 aliphatic rings. The van der Waals surface area contributed by atoms with Gasteiger partial charge in [-0.25, -0.2) is 0 Å². The zero-order chi connectivity index (χ0) is 13.5. The van der Waals surface area contributed by atoms with E-state index in [1.807, 2.05) is 6.07 Å². The fourth-order valence-corrected chi connectivity index (χ4v) is 2.01. The molecule has 98 valence electrons. The Morgan fingerprint density at radius 3 is 2.72 bits per heavy atom. The van der Waals surface area contributed by atoms with Crippen LogP contribution in [-0.2, 0) is 6.54 Å². The number of rotatable bonds is 6. The molecule has 1 rings (SSSR count). The van der Waals surface area contributed by atoms with Gasteiger partial charge in [-0.1, -0.05) is 33.1 Å². The first kappa shape index (κ1) is 14.3. The van der Waals surface area contributed by atoms with Gasteiger partial charge in [-0.15, -0.1) is 0 Å². The van der Waals surface area contributed by atoms with Crippen LogP contribution in [0.5, 0.6) is 5.88 Å². The van der Waals surface area contributed by atoms with Crippen LogP contribution in [0.4, 0.5) is 0 Å². The number of nitrogens with zero attached hydrogens (tertiary/aromatic N) is 2. The lowest BCUT2D eigenvalue weighted by Crippen LogP contribution is -2.25. The summed E-state index contributed by atoms with van der Waals surface area (Å²) in [7, 11) is 0. The third-order valence-corrected chi connectivity index (χ3v) is 3.26. The summed E-state index contributed by atoms with van der Waals surface area (Å²) in [5.41, 5.74) is -0.314. The van der Waals surface area contributed by atoms with Crippen LogP contribution in [0.3, 0.4) is 0 Å². The standard InChI is InChI=1S/C14H20N2O2/c1-3-5-6-11(4-2)10-16-13(17)8-7-12(9-15)14(16)18/h7-8,11,17H,3-6,10H2,1-2H3. The van der Waals surface area contributed by atoms with Gasteiger partial charge in [-0.3, -0.25) is 9.36 Å². The highest BCUT2D eigenvalue weighted by Gasteiger charge is 2.12. The molecule has 4 nitrogen and oxygen atoms in total. The van der Waals surface area contributed by atoms with Crippen molar-refractivity contribution in [2.24, 2.45) is 5.92 Å². The molecule has 1 aromatic rings. The van der Waals surface area contributed by atoms with E-state index in [1.165, 1.54) is 16.7 Å². The van der Waals surface area contributed by atoms with Crippen molar-refractivity contribution in [1.29, 1.82) is 5.26 Å². The zero-order valence-electron chi connectivity index (χ0n) is 11.0. The Hall–Kier alpha value is -1.76. The second-order valence-electron chi connectivity index (χ2n) is 4.55. The van der Waals surface area contributed by atoms with Gasteiger partial charge in [0, 0.05) is 6.54 Å². The molecule has 0 amide bonds. The first-order chi connectivity index (χ1) is 8.63. The molecule has 18 heavy (non-hydrogen) atoms. The molecule has 1 N–H and O–H groups in total. The summed E-state index contributed by atoms with van der Waals surface area (Å²) in [6.07, 6.45) is 4.24. The maximum absolute atomic E-state index is 11.9. The largest absolute Gasteiger partial charge is 0.494 e.